The third kappa shape index (κ3) is 3.88. The zero-order chi connectivity index (χ0) is 19.1. The molecule has 0 spiro atoms. The molecule has 3 rings (SSSR count). The van der Waals surface area contributed by atoms with Crippen molar-refractivity contribution in [1.29, 1.82) is 0 Å². The Morgan fingerprint density at radius 1 is 1.35 bits per heavy atom. The first-order valence-corrected chi connectivity index (χ1v) is 9.56. The van der Waals surface area contributed by atoms with Gasteiger partial charge in [-0.25, -0.2) is 0 Å². The Kier molecular flexibility index (Phi) is 5.03. The molecule has 138 valence electrons. The third-order valence-electron chi connectivity index (χ3n) is 4.28. The molecule has 1 atom stereocenters. The molecule has 1 saturated heterocycles. The predicted octanol–water partition coefficient (Wildman–Crippen LogP) is 4.01. The largest absolute Gasteiger partial charge is 0.312 e. The highest BCUT2D eigenvalue weighted by atomic mass is 35.5. The maximum atomic E-state index is 12.4. The fourth-order valence-corrected chi connectivity index (χ4v) is 3.61. The molecular formula is C18H21ClN4O2S. The van der Waals surface area contributed by atoms with Crippen molar-refractivity contribution in [3.05, 3.63) is 33.8 Å². The van der Waals surface area contributed by atoms with Crippen molar-refractivity contribution in [2.24, 2.45) is 5.41 Å². The van der Waals surface area contributed by atoms with Gasteiger partial charge in [0.2, 0.25) is 16.9 Å². The van der Waals surface area contributed by atoms with Gasteiger partial charge >= 0.3 is 0 Å². The highest BCUT2D eigenvalue weighted by Gasteiger charge is 2.34. The van der Waals surface area contributed by atoms with Crippen LogP contribution in [0, 0.1) is 12.3 Å². The van der Waals surface area contributed by atoms with Gasteiger partial charge < -0.3 is 10.2 Å². The van der Waals surface area contributed by atoms with Crippen LogP contribution in [0.15, 0.2) is 18.2 Å². The molecule has 0 saturated carbocycles. The van der Waals surface area contributed by atoms with Crippen LogP contribution in [0.2, 0.25) is 5.02 Å². The second-order valence-corrected chi connectivity index (χ2v) is 8.90. The summed E-state index contributed by atoms with van der Waals surface area (Å²) in [6.45, 7) is 7.97. The minimum atomic E-state index is -0.503. The van der Waals surface area contributed by atoms with Crippen LogP contribution >= 0.6 is 22.9 Å². The van der Waals surface area contributed by atoms with Crippen LogP contribution in [-0.2, 0) is 9.59 Å². The van der Waals surface area contributed by atoms with Crippen molar-refractivity contribution in [2.75, 3.05) is 16.8 Å². The van der Waals surface area contributed by atoms with Crippen LogP contribution in [0.1, 0.15) is 43.7 Å². The van der Waals surface area contributed by atoms with Gasteiger partial charge in [-0.1, -0.05) is 49.8 Å². The molecule has 26 heavy (non-hydrogen) atoms. The molecule has 2 aromatic rings. The number of nitrogens with one attached hydrogen (secondary N) is 1. The molecule has 1 aromatic carbocycles. The van der Waals surface area contributed by atoms with Crippen LogP contribution < -0.4 is 10.2 Å². The van der Waals surface area contributed by atoms with E-state index in [2.05, 4.69) is 15.5 Å². The summed E-state index contributed by atoms with van der Waals surface area (Å²) in [6, 6.07) is 5.62. The summed E-state index contributed by atoms with van der Waals surface area (Å²) in [7, 11) is 0. The Balaban J connectivity index is 1.73. The van der Waals surface area contributed by atoms with E-state index >= 15 is 0 Å². The summed E-state index contributed by atoms with van der Waals surface area (Å²) in [5, 5.41) is 12.9. The van der Waals surface area contributed by atoms with Crippen molar-refractivity contribution in [3.8, 4) is 0 Å². The second-order valence-electron chi connectivity index (χ2n) is 7.49. The van der Waals surface area contributed by atoms with Crippen LogP contribution in [0.5, 0.6) is 0 Å². The quantitative estimate of drug-likeness (QED) is 0.856. The van der Waals surface area contributed by atoms with E-state index in [0.717, 1.165) is 16.3 Å². The molecule has 2 amide bonds. The molecule has 0 aliphatic carbocycles. The first kappa shape index (κ1) is 18.8. The summed E-state index contributed by atoms with van der Waals surface area (Å²) in [5.74, 6) is -0.121. The monoisotopic (exact) mass is 392 g/mol. The van der Waals surface area contributed by atoms with E-state index in [1.54, 1.807) is 4.90 Å². The van der Waals surface area contributed by atoms with Gasteiger partial charge in [0.25, 0.3) is 0 Å². The molecule has 6 nitrogen and oxygen atoms in total. The van der Waals surface area contributed by atoms with Crippen LogP contribution in [-0.4, -0.2) is 28.6 Å². The Labute approximate surface area is 161 Å². The van der Waals surface area contributed by atoms with Crippen molar-refractivity contribution < 1.29 is 9.59 Å². The first-order chi connectivity index (χ1) is 12.1. The average Bonchev–Trinajstić information content (AvgIpc) is 3.16. The zero-order valence-corrected chi connectivity index (χ0v) is 16.7. The number of hydrogen-bond donors (Lipinski definition) is 1. The number of hydrogen-bond acceptors (Lipinski definition) is 5. The maximum Gasteiger partial charge on any atom is 0.231 e. The molecule has 0 unspecified atom stereocenters. The van der Waals surface area contributed by atoms with Gasteiger partial charge in [0.1, 0.15) is 5.01 Å². The SMILES string of the molecule is Cc1ccc(N2C[C@H](c3nnc(NC(=O)C(C)(C)C)s3)CC2=O)cc1Cl. The van der Waals surface area contributed by atoms with E-state index in [9.17, 15) is 9.59 Å². The number of aromatic nitrogens is 2. The van der Waals surface area contributed by atoms with Crippen LogP contribution in [0.4, 0.5) is 10.8 Å². The summed E-state index contributed by atoms with van der Waals surface area (Å²) < 4.78 is 0. The highest BCUT2D eigenvalue weighted by molar-refractivity contribution is 7.15. The Morgan fingerprint density at radius 3 is 2.73 bits per heavy atom. The number of nitrogens with zero attached hydrogens (tertiary/aromatic N) is 3. The van der Waals surface area contributed by atoms with Crippen LogP contribution in [0.25, 0.3) is 0 Å². The van der Waals surface area contributed by atoms with Gasteiger partial charge in [0.15, 0.2) is 0 Å². The number of carbonyl (C=O) groups excluding carboxylic acids is 2. The normalized spacial score (nSPS) is 17.7. The molecule has 0 bridgehead atoms. The van der Waals surface area contributed by atoms with Gasteiger partial charge in [-0.3, -0.25) is 9.59 Å². The Bertz CT molecular complexity index is 859. The van der Waals surface area contributed by atoms with E-state index in [4.69, 9.17) is 11.6 Å². The standard InChI is InChI=1S/C18H21ClN4O2S/c1-10-5-6-12(8-13(10)19)23-9-11(7-14(23)24)15-21-22-17(26-15)20-16(25)18(2,3)4/h5-6,8,11H,7,9H2,1-4H3,(H,20,22,25)/t11-/m1/s1. The summed E-state index contributed by atoms with van der Waals surface area (Å²) in [6.07, 6.45) is 0.368. The number of carbonyl (C=O) groups is 2. The molecule has 0 radical (unpaired) electrons. The van der Waals surface area contributed by atoms with Crippen molar-refractivity contribution >= 4 is 45.6 Å². The minimum absolute atomic E-state index is 0.0328. The van der Waals surface area contributed by atoms with E-state index in [1.807, 2.05) is 45.9 Å². The Morgan fingerprint density at radius 2 is 2.08 bits per heavy atom. The van der Waals surface area contributed by atoms with E-state index in [1.165, 1.54) is 11.3 Å². The second kappa shape index (κ2) is 6.96. The topological polar surface area (TPSA) is 75.2 Å². The van der Waals surface area contributed by atoms with Gasteiger partial charge in [-0.05, 0) is 24.6 Å². The number of amides is 2. The smallest absolute Gasteiger partial charge is 0.231 e. The summed E-state index contributed by atoms with van der Waals surface area (Å²) >= 11 is 7.50. The fraction of sp³-hybridized carbons (Fsp3) is 0.444. The van der Waals surface area contributed by atoms with Gasteiger partial charge in [0, 0.05) is 35.0 Å². The third-order valence-corrected chi connectivity index (χ3v) is 5.69. The lowest BCUT2D eigenvalue weighted by atomic mass is 9.96. The van der Waals surface area contributed by atoms with Gasteiger partial charge in [-0.2, -0.15) is 0 Å². The highest BCUT2D eigenvalue weighted by Crippen LogP contribution is 2.35. The molecule has 1 fully saturated rings. The summed E-state index contributed by atoms with van der Waals surface area (Å²) in [4.78, 5) is 26.2. The molecule has 1 N–H and O–H groups in total. The van der Waals surface area contributed by atoms with Crippen LogP contribution in [0.3, 0.4) is 0 Å². The molecule has 2 heterocycles. The first-order valence-electron chi connectivity index (χ1n) is 8.36. The zero-order valence-electron chi connectivity index (χ0n) is 15.2. The molecule has 1 aliphatic rings. The Hall–Kier alpha value is -1.99. The lowest BCUT2D eigenvalue weighted by Crippen LogP contribution is -2.27. The number of rotatable bonds is 3. The average molecular weight is 393 g/mol. The maximum absolute atomic E-state index is 12.4. The van der Waals surface area contributed by atoms with Gasteiger partial charge in [0.05, 0.1) is 0 Å². The lowest BCUT2D eigenvalue weighted by Gasteiger charge is -2.17. The van der Waals surface area contributed by atoms with E-state index in [-0.39, 0.29) is 17.7 Å². The summed E-state index contributed by atoms with van der Waals surface area (Å²) in [5.41, 5.74) is 1.26. The molecule has 8 heteroatoms. The van der Waals surface area contributed by atoms with Crippen molar-refractivity contribution in [3.63, 3.8) is 0 Å². The number of benzene rings is 1. The van der Waals surface area contributed by atoms with Crippen molar-refractivity contribution in [2.45, 2.75) is 40.0 Å². The lowest BCUT2D eigenvalue weighted by molar-refractivity contribution is -0.123. The fourth-order valence-electron chi connectivity index (χ4n) is 2.61. The van der Waals surface area contributed by atoms with E-state index in [0.29, 0.717) is 23.1 Å². The number of halogens is 1. The van der Waals surface area contributed by atoms with Crippen molar-refractivity contribution in [1.82, 2.24) is 10.2 Å². The molecule has 1 aromatic heterocycles. The van der Waals surface area contributed by atoms with E-state index < -0.39 is 5.41 Å². The molecule has 1 aliphatic heterocycles. The predicted molar refractivity (Wildman–Crippen MR) is 104 cm³/mol. The molecular weight excluding hydrogens is 372 g/mol. The number of aryl methyl sites for hydroxylation is 1. The number of anilines is 2. The van der Waals surface area contributed by atoms with Gasteiger partial charge in [-0.15, -0.1) is 10.2 Å². The minimum Gasteiger partial charge on any atom is -0.312 e.